The summed E-state index contributed by atoms with van der Waals surface area (Å²) in [6.45, 7) is 1.36. The normalized spacial score (nSPS) is 12.2. The van der Waals surface area contributed by atoms with Crippen molar-refractivity contribution in [1.82, 2.24) is 0 Å². The summed E-state index contributed by atoms with van der Waals surface area (Å²) in [7, 11) is 0. The quantitative estimate of drug-likeness (QED) is 0.657. The van der Waals surface area contributed by atoms with Crippen molar-refractivity contribution in [1.29, 1.82) is 0 Å². The summed E-state index contributed by atoms with van der Waals surface area (Å²) in [5.41, 5.74) is 2.84. The molecule has 1 atom stereocenters. The summed E-state index contributed by atoms with van der Waals surface area (Å²) < 4.78 is 18.3. The molecule has 19 heavy (non-hydrogen) atoms. The average Bonchev–Trinajstić information content (AvgIpc) is 2.38. The molecule has 0 N–H and O–H groups in total. The van der Waals surface area contributed by atoms with Gasteiger partial charge in [0.15, 0.2) is 0 Å². The predicted octanol–water partition coefficient (Wildman–Crippen LogP) is 5.60. The Morgan fingerprint density at radius 1 is 1.26 bits per heavy atom. The molecule has 0 aromatic heterocycles. The van der Waals surface area contributed by atoms with Crippen LogP contribution in [0.25, 0.3) is 11.1 Å². The van der Waals surface area contributed by atoms with Gasteiger partial charge in [-0.2, -0.15) is 0 Å². The van der Waals surface area contributed by atoms with Gasteiger partial charge in [-0.1, -0.05) is 45.7 Å². The fraction of sp³-hybridized carbons (Fsp3) is 0.200. The van der Waals surface area contributed by atoms with Crippen LogP contribution >= 0.6 is 27.5 Å². The molecule has 0 saturated heterocycles. The molecular formula is C15H13BrClFO. The van der Waals surface area contributed by atoms with Crippen molar-refractivity contribution < 1.29 is 9.13 Å². The van der Waals surface area contributed by atoms with E-state index in [2.05, 4.69) is 15.9 Å². The van der Waals surface area contributed by atoms with Gasteiger partial charge in [0.2, 0.25) is 6.36 Å². The molecule has 0 fully saturated rings. The number of ether oxygens (including phenoxy) is 1. The lowest BCUT2D eigenvalue weighted by molar-refractivity contribution is 0.0866. The third-order valence-corrected chi connectivity index (χ3v) is 3.51. The first-order chi connectivity index (χ1) is 9.10. The molecule has 2 rings (SSSR count). The van der Waals surface area contributed by atoms with Crippen LogP contribution < -0.4 is 4.74 Å². The van der Waals surface area contributed by atoms with Gasteiger partial charge in [-0.25, -0.2) is 4.39 Å². The highest BCUT2D eigenvalue weighted by Gasteiger charge is 2.10. The summed E-state index contributed by atoms with van der Waals surface area (Å²) in [6.07, 6.45) is -1.35. The largest absolute Gasteiger partial charge is 0.460 e. The van der Waals surface area contributed by atoms with E-state index in [0.717, 1.165) is 22.0 Å². The van der Waals surface area contributed by atoms with Crippen molar-refractivity contribution in [3.8, 4) is 16.9 Å². The van der Waals surface area contributed by atoms with Gasteiger partial charge in [0.1, 0.15) is 5.75 Å². The third kappa shape index (κ3) is 3.71. The number of benzene rings is 2. The van der Waals surface area contributed by atoms with Crippen molar-refractivity contribution in [2.24, 2.45) is 0 Å². The molecule has 0 spiro atoms. The molecule has 1 nitrogen and oxygen atoms in total. The molecule has 2 aromatic carbocycles. The lowest BCUT2D eigenvalue weighted by Crippen LogP contribution is -2.05. The maximum Gasteiger partial charge on any atom is 0.235 e. The third-order valence-electron chi connectivity index (χ3n) is 2.62. The fourth-order valence-corrected chi connectivity index (χ4v) is 2.36. The fourth-order valence-electron chi connectivity index (χ4n) is 1.82. The van der Waals surface area contributed by atoms with Crippen molar-refractivity contribution in [3.05, 3.63) is 53.1 Å². The molecule has 0 aliphatic heterocycles. The molecule has 1 unspecified atom stereocenters. The smallest absolute Gasteiger partial charge is 0.235 e. The van der Waals surface area contributed by atoms with Crippen LogP contribution in [-0.2, 0) is 5.33 Å². The van der Waals surface area contributed by atoms with Crippen LogP contribution in [0.15, 0.2) is 42.5 Å². The van der Waals surface area contributed by atoms with Gasteiger partial charge in [0.05, 0.1) is 0 Å². The maximum atomic E-state index is 13.1. The van der Waals surface area contributed by atoms with Gasteiger partial charge >= 0.3 is 0 Å². The Balaban J connectivity index is 2.51. The van der Waals surface area contributed by atoms with Crippen molar-refractivity contribution in [2.45, 2.75) is 18.6 Å². The van der Waals surface area contributed by atoms with E-state index in [-0.39, 0.29) is 0 Å². The minimum atomic E-state index is -1.35. The van der Waals surface area contributed by atoms with Crippen LogP contribution in [0.4, 0.5) is 4.39 Å². The molecule has 0 aliphatic rings. The second-order valence-electron chi connectivity index (χ2n) is 4.14. The highest BCUT2D eigenvalue weighted by molar-refractivity contribution is 9.08. The van der Waals surface area contributed by atoms with E-state index in [1.807, 2.05) is 30.3 Å². The molecule has 0 amide bonds. The molecule has 0 aliphatic carbocycles. The standard InChI is InChI=1S/C15H13BrClFO/c1-10(18)19-15-6-5-11(9-16)7-14(15)12-3-2-4-13(17)8-12/h2-8,10H,9H2,1H3. The minimum absolute atomic E-state index is 0.516. The Morgan fingerprint density at radius 3 is 2.68 bits per heavy atom. The zero-order valence-corrected chi connectivity index (χ0v) is 12.7. The van der Waals surface area contributed by atoms with Crippen LogP contribution in [0.5, 0.6) is 5.75 Å². The van der Waals surface area contributed by atoms with E-state index in [1.165, 1.54) is 6.92 Å². The zero-order chi connectivity index (χ0) is 13.8. The summed E-state index contributed by atoms with van der Waals surface area (Å²) in [5.74, 6) is 0.516. The van der Waals surface area contributed by atoms with Crippen LogP contribution in [-0.4, -0.2) is 6.36 Å². The summed E-state index contributed by atoms with van der Waals surface area (Å²) in [6, 6.07) is 13.1. The van der Waals surface area contributed by atoms with Gasteiger partial charge in [-0.15, -0.1) is 0 Å². The molecule has 100 valence electrons. The molecule has 0 heterocycles. The van der Waals surface area contributed by atoms with Gasteiger partial charge in [0.25, 0.3) is 0 Å². The van der Waals surface area contributed by atoms with E-state index in [0.29, 0.717) is 10.8 Å². The van der Waals surface area contributed by atoms with Crippen molar-refractivity contribution in [3.63, 3.8) is 0 Å². The average molecular weight is 344 g/mol. The lowest BCUT2D eigenvalue weighted by Gasteiger charge is -2.14. The lowest BCUT2D eigenvalue weighted by atomic mass is 10.0. The highest BCUT2D eigenvalue weighted by atomic mass is 79.9. The summed E-state index contributed by atoms with van der Waals surface area (Å²) in [4.78, 5) is 0. The molecule has 0 bridgehead atoms. The Labute approximate surface area is 125 Å². The Kier molecular flexibility index (Phi) is 4.83. The van der Waals surface area contributed by atoms with Gasteiger partial charge in [-0.05, 0) is 35.4 Å². The predicted molar refractivity (Wildman–Crippen MR) is 80.7 cm³/mol. The Bertz CT molecular complexity index is 572. The van der Waals surface area contributed by atoms with Gasteiger partial charge < -0.3 is 4.74 Å². The van der Waals surface area contributed by atoms with E-state index in [4.69, 9.17) is 16.3 Å². The Hall–Kier alpha value is -1.06. The van der Waals surface area contributed by atoms with Crippen molar-refractivity contribution >= 4 is 27.5 Å². The number of hydrogen-bond acceptors (Lipinski definition) is 1. The van der Waals surface area contributed by atoms with E-state index < -0.39 is 6.36 Å². The Morgan fingerprint density at radius 2 is 2.05 bits per heavy atom. The van der Waals surface area contributed by atoms with Crippen LogP contribution in [0.2, 0.25) is 5.02 Å². The summed E-state index contributed by atoms with van der Waals surface area (Å²) in [5, 5.41) is 1.37. The van der Waals surface area contributed by atoms with Gasteiger partial charge in [-0.3, -0.25) is 0 Å². The monoisotopic (exact) mass is 342 g/mol. The van der Waals surface area contributed by atoms with Crippen LogP contribution in [0.1, 0.15) is 12.5 Å². The van der Waals surface area contributed by atoms with Gasteiger partial charge in [0, 0.05) is 22.8 Å². The van der Waals surface area contributed by atoms with Crippen molar-refractivity contribution in [2.75, 3.05) is 0 Å². The summed E-state index contributed by atoms with van der Waals surface area (Å²) >= 11 is 9.42. The van der Waals surface area contributed by atoms with Crippen LogP contribution in [0, 0.1) is 0 Å². The second kappa shape index (κ2) is 6.40. The molecule has 2 aromatic rings. The molecule has 4 heteroatoms. The maximum absolute atomic E-state index is 13.1. The molecular weight excluding hydrogens is 331 g/mol. The highest BCUT2D eigenvalue weighted by Crippen LogP contribution is 2.33. The first-order valence-corrected chi connectivity index (χ1v) is 7.35. The van der Waals surface area contributed by atoms with E-state index in [9.17, 15) is 4.39 Å². The van der Waals surface area contributed by atoms with Crippen LogP contribution in [0.3, 0.4) is 0 Å². The van der Waals surface area contributed by atoms with E-state index in [1.54, 1.807) is 12.1 Å². The number of alkyl halides is 2. The second-order valence-corrected chi connectivity index (χ2v) is 5.13. The number of rotatable bonds is 4. The SMILES string of the molecule is CC(F)Oc1ccc(CBr)cc1-c1cccc(Cl)c1. The zero-order valence-electron chi connectivity index (χ0n) is 10.4. The minimum Gasteiger partial charge on any atom is -0.460 e. The number of halogens is 3. The molecule has 0 radical (unpaired) electrons. The first kappa shape index (κ1) is 14.4. The van der Waals surface area contributed by atoms with E-state index >= 15 is 0 Å². The topological polar surface area (TPSA) is 9.23 Å². The molecule has 0 saturated carbocycles. The number of hydrogen-bond donors (Lipinski definition) is 0. The first-order valence-electron chi connectivity index (χ1n) is 5.85.